The van der Waals surface area contributed by atoms with Crippen molar-refractivity contribution in [2.24, 2.45) is 0 Å². The van der Waals surface area contributed by atoms with Gasteiger partial charge in [-0.3, -0.25) is 0 Å². The summed E-state index contributed by atoms with van der Waals surface area (Å²) in [6, 6.07) is 13.5. The molecule has 0 heterocycles. The minimum absolute atomic E-state index is 0.729. The van der Waals surface area contributed by atoms with Gasteiger partial charge in [0.05, 0.1) is 12.1 Å². The van der Waals surface area contributed by atoms with Gasteiger partial charge in [-0.25, -0.2) is 0 Å². The van der Waals surface area contributed by atoms with Crippen molar-refractivity contribution >= 4 is 29.1 Å². The van der Waals surface area contributed by atoms with Crippen molar-refractivity contribution in [2.45, 2.75) is 10.6 Å². The Morgan fingerprint density at radius 3 is 2.83 bits per heavy atom. The van der Waals surface area contributed by atoms with Gasteiger partial charge in [0.15, 0.2) is 0 Å². The zero-order valence-electron chi connectivity index (χ0n) is 10.0. The van der Waals surface area contributed by atoms with Gasteiger partial charge in [-0.1, -0.05) is 23.7 Å². The number of ether oxygens (including phenoxy) is 1. The van der Waals surface area contributed by atoms with E-state index in [1.807, 2.05) is 30.3 Å². The molecule has 0 aromatic heterocycles. The van der Waals surface area contributed by atoms with Crippen molar-refractivity contribution in [3.63, 3.8) is 0 Å². The molecule has 0 bridgehead atoms. The van der Waals surface area contributed by atoms with E-state index in [1.54, 1.807) is 24.9 Å². The lowest BCUT2D eigenvalue weighted by Crippen LogP contribution is -1.87. The average Bonchev–Trinajstić information content (AvgIpc) is 2.40. The fourth-order valence-electron chi connectivity index (χ4n) is 1.55. The Bertz CT molecular complexity index is 545. The summed E-state index contributed by atoms with van der Waals surface area (Å²) < 4.78 is 5.19. The summed E-state index contributed by atoms with van der Waals surface area (Å²) in [6.45, 7) is 0. The van der Waals surface area contributed by atoms with E-state index in [0.29, 0.717) is 0 Å². The van der Waals surface area contributed by atoms with E-state index in [1.165, 1.54) is 5.56 Å². The number of hydrogen-bond acceptors (Lipinski definition) is 3. The van der Waals surface area contributed by atoms with Gasteiger partial charge < -0.3 is 10.5 Å². The van der Waals surface area contributed by atoms with E-state index in [0.717, 1.165) is 27.1 Å². The maximum Gasteiger partial charge on any atom is 0.119 e. The first-order valence-corrected chi connectivity index (χ1v) is 6.86. The van der Waals surface area contributed by atoms with Crippen molar-refractivity contribution in [3.05, 3.63) is 53.1 Å². The topological polar surface area (TPSA) is 35.2 Å². The predicted molar refractivity (Wildman–Crippen MR) is 78.4 cm³/mol. The molecule has 0 unspecified atom stereocenters. The molecular formula is C14H14ClNOS. The summed E-state index contributed by atoms with van der Waals surface area (Å²) in [5, 5.41) is 0.733. The Morgan fingerprint density at radius 1 is 1.22 bits per heavy atom. The van der Waals surface area contributed by atoms with Crippen LogP contribution in [0.1, 0.15) is 5.56 Å². The first-order valence-electron chi connectivity index (χ1n) is 5.50. The SMILES string of the molecule is COc1cccc(CSc2cc(N)ccc2Cl)c1. The summed E-state index contributed by atoms with van der Waals surface area (Å²) in [4.78, 5) is 1.000. The zero-order valence-corrected chi connectivity index (χ0v) is 11.6. The summed E-state index contributed by atoms with van der Waals surface area (Å²) in [6.07, 6.45) is 0. The largest absolute Gasteiger partial charge is 0.497 e. The van der Waals surface area contributed by atoms with E-state index >= 15 is 0 Å². The summed E-state index contributed by atoms with van der Waals surface area (Å²) in [5.74, 6) is 1.70. The Labute approximate surface area is 116 Å². The Hall–Kier alpha value is -1.32. The van der Waals surface area contributed by atoms with E-state index in [-0.39, 0.29) is 0 Å². The molecule has 2 aromatic rings. The highest BCUT2D eigenvalue weighted by molar-refractivity contribution is 7.98. The highest BCUT2D eigenvalue weighted by Gasteiger charge is 2.03. The van der Waals surface area contributed by atoms with E-state index in [2.05, 4.69) is 6.07 Å². The third-order valence-corrected chi connectivity index (χ3v) is 4.05. The minimum atomic E-state index is 0.729. The van der Waals surface area contributed by atoms with Gasteiger partial charge >= 0.3 is 0 Å². The lowest BCUT2D eigenvalue weighted by Gasteiger charge is -2.06. The monoisotopic (exact) mass is 279 g/mol. The first kappa shape index (κ1) is 13.1. The standard InChI is InChI=1S/C14H14ClNOS/c1-17-12-4-2-3-10(7-12)9-18-14-8-11(16)5-6-13(14)15/h2-8H,9,16H2,1H3. The number of rotatable bonds is 4. The van der Waals surface area contributed by atoms with Crippen LogP contribution in [-0.2, 0) is 5.75 Å². The number of nitrogen functional groups attached to an aromatic ring is 1. The smallest absolute Gasteiger partial charge is 0.119 e. The molecule has 0 atom stereocenters. The van der Waals surface area contributed by atoms with Crippen molar-refractivity contribution in [1.82, 2.24) is 0 Å². The van der Waals surface area contributed by atoms with Crippen LogP contribution in [0, 0.1) is 0 Å². The fraction of sp³-hybridized carbons (Fsp3) is 0.143. The van der Waals surface area contributed by atoms with Crippen LogP contribution in [0.2, 0.25) is 5.02 Å². The molecule has 0 fully saturated rings. The lowest BCUT2D eigenvalue weighted by atomic mass is 10.2. The number of methoxy groups -OCH3 is 1. The Morgan fingerprint density at radius 2 is 2.06 bits per heavy atom. The molecule has 2 aromatic carbocycles. The lowest BCUT2D eigenvalue weighted by molar-refractivity contribution is 0.414. The molecule has 0 aliphatic heterocycles. The highest BCUT2D eigenvalue weighted by atomic mass is 35.5. The molecule has 0 aliphatic carbocycles. The van der Waals surface area contributed by atoms with Gasteiger partial charge in [0.1, 0.15) is 5.75 Å². The average molecular weight is 280 g/mol. The number of halogens is 1. The van der Waals surface area contributed by atoms with Crippen LogP contribution in [-0.4, -0.2) is 7.11 Å². The molecule has 94 valence electrons. The molecule has 2 N–H and O–H groups in total. The number of thioether (sulfide) groups is 1. The van der Waals surface area contributed by atoms with Crippen LogP contribution in [0.4, 0.5) is 5.69 Å². The van der Waals surface area contributed by atoms with Crippen molar-refractivity contribution in [3.8, 4) is 5.75 Å². The van der Waals surface area contributed by atoms with Gasteiger partial charge in [-0.05, 0) is 35.9 Å². The second-order valence-corrected chi connectivity index (χ2v) is 5.25. The highest BCUT2D eigenvalue weighted by Crippen LogP contribution is 2.31. The van der Waals surface area contributed by atoms with Gasteiger partial charge in [0.2, 0.25) is 0 Å². The molecule has 2 nitrogen and oxygen atoms in total. The molecular weight excluding hydrogens is 266 g/mol. The maximum absolute atomic E-state index is 6.12. The number of nitrogens with two attached hydrogens (primary N) is 1. The summed E-state index contributed by atoms with van der Waals surface area (Å²) in [5.41, 5.74) is 7.67. The van der Waals surface area contributed by atoms with Crippen molar-refractivity contribution in [1.29, 1.82) is 0 Å². The van der Waals surface area contributed by atoms with E-state index in [9.17, 15) is 0 Å². The van der Waals surface area contributed by atoms with Crippen molar-refractivity contribution < 1.29 is 4.74 Å². The van der Waals surface area contributed by atoms with E-state index in [4.69, 9.17) is 22.1 Å². The minimum Gasteiger partial charge on any atom is -0.497 e. The van der Waals surface area contributed by atoms with Crippen LogP contribution in [0.15, 0.2) is 47.4 Å². The second-order valence-electron chi connectivity index (χ2n) is 3.83. The predicted octanol–water partition coefficient (Wildman–Crippen LogP) is 4.22. The quantitative estimate of drug-likeness (QED) is 0.672. The normalized spacial score (nSPS) is 10.3. The van der Waals surface area contributed by atoms with Crippen LogP contribution in [0.25, 0.3) is 0 Å². The summed E-state index contributed by atoms with van der Waals surface area (Å²) in [7, 11) is 1.67. The van der Waals surface area contributed by atoms with Crippen LogP contribution >= 0.6 is 23.4 Å². The van der Waals surface area contributed by atoms with E-state index < -0.39 is 0 Å². The van der Waals surface area contributed by atoms with Crippen LogP contribution in [0.5, 0.6) is 5.75 Å². The van der Waals surface area contributed by atoms with Gasteiger partial charge in [0, 0.05) is 16.3 Å². The third kappa shape index (κ3) is 3.34. The molecule has 0 amide bonds. The fourth-order valence-corrected chi connectivity index (χ4v) is 2.76. The first-order chi connectivity index (χ1) is 8.69. The molecule has 0 radical (unpaired) electrons. The van der Waals surface area contributed by atoms with Crippen LogP contribution < -0.4 is 10.5 Å². The Balaban J connectivity index is 2.08. The Kier molecular flexibility index (Phi) is 4.39. The second kappa shape index (κ2) is 6.03. The number of anilines is 1. The summed E-state index contributed by atoms with van der Waals surface area (Å²) >= 11 is 7.79. The molecule has 4 heteroatoms. The molecule has 0 saturated heterocycles. The molecule has 0 saturated carbocycles. The molecule has 0 aliphatic rings. The van der Waals surface area contributed by atoms with Gasteiger partial charge in [-0.2, -0.15) is 0 Å². The number of benzene rings is 2. The maximum atomic E-state index is 6.12. The number of hydrogen-bond donors (Lipinski definition) is 1. The molecule has 0 spiro atoms. The zero-order chi connectivity index (χ0) is 13.0. The molecule has 2 rings (SSSR count). The van der Waals surface area contributed by atoms with Crippen molar-refractivity contribution in [2.75, 3.05) is 12.8 Å². The third-order valence-electron chi connectivity index (χ3n) is 2.48. The molecule has 18 heavy (non-hydrogen) atoms. The van der Waals surface area contributed by atoms with Gasteiger partial charge in [-0.15, -0.1) is 11.8 Å². The van der Waals surface area contributed by atoms with Crippen LogP contribution in [0.3, 0.4) is 0 Å². The van der Waals surface area contributed by atoms with Gasteiger partial charge in [0.25, 0.3) is 0 Å².